The second-order valence-electron chi connectivity index (χ2n) is 4.01. The van der Waals surface area contributed by atoms with Crippen molar-refractivity contribution in [3.05, 3.63) is 23.8 Å². The Morgan fingerprint density at radius 2 is 1.93 bits per heavy atom. The van der Waals surface area contributed by atoms with Crippen LogP contribution in [0.25, 0.3) is 0 Å². The molecule has 80 valence electrons. The molecule has 0 bridgehead atoms. The Hall–Kier alpha value is -0.560. The van der Waals surface area contributed by atoms with Gasteiger partial charge < -0.3 is 0 Å². The maximum atomic E-state index is 2.57. The van der Waals surface area contributed by atoms with E-state index in [1.54, 1.807) is 0 Å². The lowest BCUT2D eigenvalue weighted by molar-refractivity contribution is 0.248. The quantitative estimate of drug-likeness (QED) is 0.619. The summed E-state index contributed by atoms with van der Waals surface area (Å²) >= 11 is 0. The molecule has 0 amide bonds. The average Bonchev–Trinajstić information content (AvgIpc) is 2.25. The van der Waals surface area contributed by atoms with Crippen LogP contribution < -0.4 is 0 Å². The second kappa shape index (κ2) is 6.83. The number of hydrogen-bond acceptors (Lipinski definition) is 1. The van der Waals surface area contributed by atoms with Crippen molar-refractivity contribution in [2.75, 3.05) is 19.6 Å². The molecule has 0 unspecified atom stereocenters. The van der Waals surface area contributed by atoms with Gasteiger partial charge in [0.15, 0.2) is 0 Å². The van der Waals surface area contributed by atoms with Crippen molar-refractivity contribution in [3.8, 4) is 0 Å². The van der Waals surface area contributed by atoms with Crippen molar-refractivity contribution in [1.82, 2.24) is 4.90 Å². The third-order valence-electron chi connectivity index (χ3n) is 2.79. The monoisotopic (exact) mass is 193 g/mol. The molecule has 0 radical (unpaired) electrons. The number of rotatable bonds is 4. The van der Waals surface area contributed by atoms with Gasteiger partial charge in [-0.15, -0.1) is 0 Å². The topological polar surface area (TPSA) is 3.24 Å². The van der Waals surface area contributed by atoms with E-state index >= 15 is 0 Å². The van der Waals surface area contributed by atoms with Gasteiger partial charge in [0.05, 0.1) is 0 Å². The van der Waals surface area contributed by atoms with Gasteiger partial charge in [-0.25, -0.2) is 0 Å². The molecular formula is C13H23N. The zero-order valence-corrected chi connectivity index (χ0v) is 9.63. The van der Waals surface area contributed by atoms with Gasteiger partial charge in [0, 0.05) is 6.54 Å². The van der Waals surface area contributed by atoms with Crippen molar-refractivity contribution in [2.45, 2.75) is 39.5 Å². The lowest BCUT2D eigenvalue weighted by Gasteiger charge is -2.26. The SMILES string of the molecule is C/C=C(\C=C/CC)CN1CCCCC1. The molecule has 1 heterocycles. The van der Waals surface area contributed by atoms with Gasteiger partial charge in [0.25, 0.3) is 0 Å². The van der Waals surface area contributed by atoms with Crippen molar-refractivity contribution in [2.24, 2.45) is 0 Å². The molecule has 1 rings (SSSR count). The number of nitrogens with zero attached hydrogens (tertiary/aromatic N) is 1. The minimum absolute atomic E-state index is 1.14. The van der Waals surface area contributed by atoms with E-state index in [-0.39, 0.29) is 0 Å². The van der Waals surface area contributed by atoms with E-state index in [4.69, 9.17) is 0 Å². The summed E-state index contributed by atoms with van der Waals surface area (Å²) in [7, 11) is 0. The molecule has 0 aliphatic carbocycles. The number of piperidine rings is 1. The first-order valence-corrected chi connectivity index (χ1v) is 5.91. The fourth-order valence-electron chi connectivity index (χ4n) is 1.89. The summed E-state index contributed by atoms with van der Waals surface area (Å²) in [5, 5.41) is 0. The van der Waals surface area contributed by atoms with Crippen LogP contribution >= 0.6 is 0 Å². The van der Waals surface area contributed by atoms with Crippen LogP contribution in [0.5, 0.6) is 0 Å². The smallest absolute Gasteiger partial charge is 0.0230 e. The van der Waals surface area contributed by atoms with E-state index in [0.29, 0.717) is 0 Å². The lowest BCUT2D eigenvalue weighted by Crippen LogP contribution is -2.31. The molecule has 0 N–H and O–H groups in total. The van der Waals surface area contributed by atoms with E-state index < -0.39 is 0 Å². The molecule has 14 heavy (non-hydrogen) atoms. The molecule has 1 fully saturated rings. The first-order valence-electron chi connectivity index (χ1n) is 5.91. The first-order chi connectivity index (χ1) is 6.86. The molecule has 0 saturated carbocycles. The maximum Gasteiger partial charge on any atom is 0.0230 e. The highest BCUT2D eigenvalue weighted by atomic mass is 15.1. The summed E-state index contributed by atoms with van der Waals surface area (Å²) in [5.41, 5.74) is 1.47. The Morgan fingerprint density at radius 3 is 2.50 bits per heavy atom. The molecule has 1 aliphatic heterocycles. The van der Waals surface area contributed by atoms with Gasteiger partial charge >= 0.3 is 0 Å². The van der Waals surface area contributed by atoms with Crippen LogP contribution in [0.1, 0.15) is 39.5 Å². The zero-order chi connectivity index (χ0) is 10.2. The third kappa shape index (κ3) is 4.10. The highest BCUT2D eigenvalue weighted by molar-refractivity contribution is 5.19. The molecule has 1 nitrogen and oxygen atoms in total. The fraction of sp³-hybridized carbons (Fsp3) is 0.692. The van der Waals surface area contributed by atoms with Gasteiger partial charge in [-0.3, -0.25) is 4.90 Å². The lowest BCUT2D eigenvalue weighted by atomic mass is 10.1. The van der Waals surface area contributed by atoms with E-state index in [1.165, 1.54) is 37.9 Å². The summed E-state index contributed by atoms with van der Waals surface area (Å²) in [6.45, 7) is 8.05. The van der Waals surface area contributed by atoms with Crippen molar-refractivity contribution >= 4 is 0 Å². The summed E-state index contributed by atoms with van der Waals surface area (Å²) < 4.78 is 0. The Balaban J connectivity index is 2.35. The summed E-state index contributed by atoms with van der Waals surface area (Å²) in [4.78, 5) is 2.57. The van der Waals surface area contributed by atoms with E-state index in [2.05, 4.69) is 37.0 Å². The van der Waals surface area contributed by atoms with Gasteiger partial charge in [-0.05, 0) is 44.8 Å². The second-order valence-corrected chi connectivity index (χ2v) is 4.01. The van der Waals surface area contributed by atoms with Crippen LogP contribution in [0.2, 0.25) is 0 Å². The molecule has 1 heteroatoms. The molecule has 0 atom stereocenters. The van der Waals surface area contributed by atoms with Crippen LogP contribution in [0.15, 0.2) is 23.8 Å². The van der Waals surface area contributed by atoms with Gasteiger partial charge in [0.2, 0.25) is 0 Å². The minimum atomic E-state index is 1.14. The average molecular weight is 193 g/mol. The van der Waals surface area contributed by atoms with Crippen molar-refractivity contribution in [3.63, 3.8) is 0 Å². The Labute approximate surface area is 88.5 Å². The fourth-order valence-corrected chi connectivity index (χ4v) is 1.89. The number of allylic oxidation sites excluding steroid dienone is 2. The maximum absolute atomic E-state index is 2.57. The number of likely N-dealkylation sites (tertiary alicyclic amines) is 1. The summed E-state index contributed by atoms with van der Waals surface area (Å²) in [5.74, 6) is 0. The highest BCUT2D eigenvalue weighted by Gasteiger charge is 2.09. The highest BCUT2D eigenvalue weighted by Crippen LogP contribution is 2.11. The molecule has 0 aromatic carbocycles. The van der Waals surface area contributed by atoms with Crippen LogP contribution in [0, 0.1) is 0 Å². The van der Waals surface area contributed by atoms with Gasteiger partial charge in [-0.2, -0.15) is 0 Å². The summed E-state index contributed by atoms with van der Waals surface area (Å²) in [6.07, 6.45) is 12.1. The molecule has 1 aliphatic rings. The molecule has 0 aromatic rings. The molecule has 0 aromatic heterocycles. The predicted octanol–water partition coefficient (Wildman–Crippen LogP) is 3.38. The van der Waals surface area contributed by atoms with E-state index in [1.807, 2.05) is 0 Å². The number of hydrogen-bond donors (Lipinski definition) is 0. The zero-order valence-electron chi connectivity index (χ0n) is 9.63. The minimum Gasteiger partial charge on any atom is -0.299 e. The standard InChI is InChI=1S/C13H23N/c1-3-5-9-13(4-2)12-14-10-7-6-8-11-14/h4-5,9H,3,6-8,10-12H2,1-2H3/b9-5-,13-4+. The normalized spacial score (nSPS) is 20.6. The predicted molar refractivity (Wildman–Crippen MR) is 63.5 cm³/mol. The largest absolute Gasteiger partial charge is 0.299 e. The Bertz CT molecular complexity index is 197. The molecule has 0 spiro atoms. The molecular weight excluding hydrogens is 170 g/mol. The van der Waals surface area contributed by atoms with E-state index in [9.17, 15) is 0 Å². The van der Waals surface area contributed by atoms with E-state index in [0.717, 1.165) is 13.0 Å². The van der Waals surface area contributed by atoms with Crippen molar-refractivity contribution < 1.29 is 0 Å². The Morgan fingerprint density at radius 1 is 1.21 bits per heavy atom. The van der Waals surface area contributed by atoms with Crippen LogP contribution in [0.4, 0.5) is 0 Å². The van der Waals surface area contributed by atoms with Crippen molar-refractivity contribution in [1.29, 1.82) is 0 Å². The van der Waals surface area contributed by atoms with Crippen LogP contribution in [0.3, 0.4) is 0 Å². The van der Waals surface area contributed by atoms with Gasteiger partial charge in [-0.1, -0.05) is 31.6 Å². The first kappa shape index (κ1) is 11.5. The van der Waals surface area contributed by atoms with Crippen LogP contribution in [-0.2, 0) is 0 Å². The van der Waals surface area contributed by atoms with Gasteiger partial charge in [0.1, 0.15) is 0 Å². The Kier molecular flexibility index (Phi) is 5.62. The van der Waals surface area contributed by atoms with Crippen LogP contribution in [-0.4, -0.2) is 24.5 Å². The third-order valence-corrected chi connectivity index (χ3v) is 2.79. The molecule has 1 saturated heterocycles. The summed E-state index contributed by atoms with van der Waals surface area (Å²) in [6, 6.07) is 0.